The van der Waals surface area contributed by atoms with Crippen molar-refractivity contribution < 1.29 is 14.3 Å². The topological polar surface area (TPSA) is 35.5 Å². The number of allylic oxidation sites excluding steroid dienone is 1. The van der Waals surface area contributed by atoms with Gasteiger partial charge < -0.3 is 9.47 Å². The first-order valence-corrected chi connectivity index (χ1v) is 5.01. The Bertz CT molecular complexity index is 215. The number of carbonyl (C=O) groups excluding carboxylic acids is 1. The minimum absolute atomic E-state index is 0.0809. The first-order chi connectivity index (χ1) is 6.74. The lowest BCUT2D eigenvalue weighted by atomic mass is 10.1. The van der Waals surface area contributed by atoms with Gasteiger partial charge >= 0.3 is 5.97 Å². The highest BCUT2D eigenvalue weighted by Gasteiger charge is 2.16. The zero-order valence-corrected chi connectivity index (χ0v) is 8.62. The molecule has 1 rings (SSSR count). The molecule has 0 aromatic heterocycles. The molecule has 0 bridgehead atoms. The van der Waals surface area contributed by atoms with Crippen LogP contribution in [0.3, 0.4) is 0 Å². The molecule has 1 atom stereocenters. The van der Waals surface area contributed by atoms with Crippen molar-refractivity contribution in [3.8, 4) is 0 Å². The molecule has 0 aromatic carbocycles. The van der Waals surface area contributed by atoms with Gasteiger partial charge in [-0.1, -0.05) is 6.08 Å². The minimum atomic E-state index is -0.346. The van der Waals surface area contributed by atoms with Crippen molar-refractivity contribution in [1.29, 1.82) is 0 Å². The summed E-state index contributed by atoms with van der Waals surface area (Å²) in [7, 11) is 0. The van der Waals surface area contributed by atoms with Crippen molar-refractivity contribution in [2.45, 2.75) is 32.3 Å². The molecule has 0 spiro atoms. The molecule has 0 unspecified atom stereocenters. The van der Waals surface area contributed by atoms with E-state index in [1.807, 2.05) is 0 Å². The third-order valence-corrected chi connectivity index (χ3v) is 2.28. The average Bonchev–Trinajstić information content (AvgIpc) is 2.26. The van der Waals surface area contributed by atoms with Crippen LogP contribution in [0.4, 0.5) is 0 Å². The lowest BCUT2D eigenvalue weighted by molar-refractivity contribution is -0.144. The Labute approximate surface area is 85.1 Å². The summed E-state index contributed by atoms with van der Waals surface area (Å²) in [4.78, 5) is 11.2. The lowest BCUT2D eigenvalue weighted by Crippen LogP contribution is -2.26. The Morgan fingerprint density at radius 3 is 3.00 bits per heavy atom. The van der Waals surface area contributed by atoms with E-state index < -0.39 is 0 Å². The summed E-state index contributed by atoms with van der Waals surface area (Å²) in [6.45, 7) is 6.46. The maximum absolute atomic E-state index is 11.2. The highest BCUT2D eigenvalue weighted by molar-refractivity contribution is 5.89. The molecule has 1 fully saturated rings. The van der Waals surface area contributed by atoms with Gasteiger partial charge in [-0.15, -0.1) is 0 Å². The summed E-state index contributed by atoms with van der Waals surface area (Å²) < 4.78 is 10.5. The Morgan fingerprint density at radius 2 is 2.43 bits per heavy atom. The van der Waals surface area contributed by atoms with Crippen LogP contribution in [-0.2, 0) is 14.3 Å². The molecule has 3 nitrogen and oxygen atoms in total. The van der Waals surface area contributed by atoms with Crippen LogP contribution in [-0.4, -0.2) is 25.3 Å². The fourth-order valence-corrected chi connectivity index (χ4v) is 1.32. The highest BCUT2D eigenvalue weighted by atomic mass is 16.6. The Morgan fingerprint density at radius 1 is 1.64 bits per heavy atom. The van der Waals surface area contributed by atoms with Gasteiger partial charge in [0.2, 0.25) is 0 Å². The second-order valence-corrected chi connectivity index (χ2v) is 3.40. The van der Waals surface area contributed by atoms with Crippen molar-refractivity contribution in [3.05, 3.63) is 18.6 Å². The summed E-state index contributed by atoms with van der Waals surface area (Å²) in [5.74, 6) is -0.346. The molecule has 1 aliphatic heterocycles. The molecule has 1 radical (unpaired) electrons. The molecule has 1 aliphatic rings. The normalized spacial score (nSPS) is 23.3. The number of hydrogen-bond donors (Lipinski definition) is 0. The first kappa shape index (κ1) is 11.2. The average molecular weight is 197 g/mol. The van der Waals surface area contributed by atoms with E-state index in [1.54, 1.807) is 13.0 Å². The summed E-state index contributed by atoms with van der Waals surface area (Å²) in [6.07, 6.45) is 4.97. The molecule has 0 aliphatic carbocycles. The maximum atomic E-state index is 11.2. The SMILES string of the molecule is [CH2]/C(=C/C)C(=O)OC[C@@H]1CCCCO1. The van der Waals surface area contributed by atoms with Crippen molar-refractivity contribution in [3.63, 3.8) is 0 Å². The van der Waals surface area contributed by atoms with Crippen LogP contribution in [0, 0.1) is 6.92 Å². The van der Waals surface area contributed by atoms with E-state index in [2.05, 4.69) is 6.92 Å². The van der Waals surface area contributed by atoms with Gasteiger partial charge in [0.15, 0.2) is 0 Å². The van der Waals surface area contributed by atoms with Crippen LogP contribution in [0.5, 0.6) is 0 Å². The second-order valence-electron chi connectivity index (χ2n) is 3.40. The Kier molecular flexibility index (Phi) is 4.66. The van der Waals surface area contributed by atoms with E-state index in [0.717, 1.165) is 25.9 Å². The van der Waals surface area contributed by atoms with Crippen molar-refractivity contribution >= 4 is 5.97 Å². The quantitative estimate of drug-likeness (QED) is 0.512. The molecule has 14 heavy (non-hydrogen) atoms. The van der Waals surface area contributed by atoms with Crippen molar-refractivity contribution in [1.82, 2.24) is 0 Å². The number of esters is 1. The zero-order chi connectivity index (χ0) is 10.4. The van der Waals surface area contributed by atoms with Gasteiger partial charge in [0.25, 0.3) is 0 Å². The third-order valence-electron chi connectivity index (χ3n) is 2.28. The number of carbonyl (C=O) groups is 1. The van der Waals surface area contributed by atoms with E-state index in [1.165, 1.54) is 0 Å². The Balaban J connectivity index is 2.22. The first-order valence-electron chi connectivity index (χ1n) is 5.01. The van der Waals surface area contributed by atoms with Crippen LogP contribution < -0.4 is 0 Å². The fourth-order valence-electron chi connectivity index (χ4n) is 1.32. The van der Waals surface area contributed by atoms with Gasteiger partial charge in [-0.25, -0.2) is 4.79 Å². The van der Waals surface area contributed by atoms with Crippen LogP contribution in [0.1, 0.15) is 26.2 Å². The predicted molar refractivity (Wildman–Crippen MR) is 53.7 cm³/mol. The molecular formula is C11H17O3. The van der Waals surface area contributed by atoms with E-state index in [9.17, 15) is 4.79 Å². The minimum Gasteiger partial charge on any atom is -0.460 e. The molecular weight excluding hydrogens is 180 g/mol. The van der Waals surface area contributed by atoms with E-state index in [0.29, 0.717) is 12.2 Å². The molecule has 0 N–H and O–H groups in total. The molecule has 0 aromatic rings. The molecule has 1 saturated heterocycles. The van der Waals surface area contributed by atoms with Crippen LogP contribution in [0.2, 0.25) is 0 Å². The van der Waals surface area contributed by atoms with Gasteiger partial charge in [0.1, 0.15) is 6.61 Å². The second kappa shape index (κ2) is 5.81. The maximum Gasteiger partial charge on any atom is 0.333 e. The van der Waals surface area contributed by atoms with E-state index >= 15 is 0 Å². The molecule has 79 valence electrons. The van der Waals surface area contributed by atoms with Crippen LogP contribution in [0.25, 0.3) is 0 Å². The van der Waals surface area contributed by atoms with Gasteiger partial charge in [0, 0.05) is 12.2 Å². The monoisotopic (exact) mass is 197 g/mol. The van der Waals surface area contributed by atoms with Crippen molar-refractivity contribution in [2.24, 2.45) is 0 Å². The number of ether oxygens (including phenoxy) is 2. The summed E-state index contributed by atoms with van der Waals surface area (Å²) in [5.41, 5.74) is 0.404. The summed E-state index contributed by atoms with van der Waals surface area (Å²) in [6, 6.07) is 0. The highest BCUT2D eigenvalue weighted by Crippen LogP contribution is 2.13. The van der Waals surface area contributed by atoms with Gasteiger partial charge in [0.05, 0.1) is 6.10 Å². The van der Waals surface area contributed by atoms with E-state index in [-0.39, 0.29) is 12.1 Å². The standard InChI is InChI=1S/C11H17O3/c1-3-9(2)11(12)14-8-10-6-4-5-7-13-10/h3,10H,2,4-8H2,1H3/b9-3-/t10-/m0/s1. The van der Waals surface area contributed by atoms with Crippen LogP contribution in [0.15, 0.2) is 11.6 Å². The molecule has 0 saturated carbocycles. The fraction of sp³-hybridized carbons (Fsp3) is 0.636. The molecule has 0 amide bonds. The van der Waals surface area contributed by atoms with Gasteiger partial charge in [-0.05, 0) is 33.1 Å². The third kappa shape index (κ3) is 3.50. The predicted octanol–water partition coefficient (Wildman–Crippen LogP) is 1.88. The number of rotatable bonds is 3. The zero-order valence-electron chi connectivity index (χ0n) is 8.62. The largest absolute Gasteiger partial charge is 0.460 e. The van der Waals surface area contributed by atoms with Crippen LogP contribution >= 0.6 is 0 Å². The number of hydrogen-bond acceptors (Lipinski definition) is 3. The Hall–Kier alpha value is -0.830. The lowest BCUT2D eigenvalue weighted by Gasteiger charge is -2.22. The molecule has 3 heteroatoms. The van der Waals surface area contributed by atoms with Crippen molar-refractivity contribution in [2.75, 3.05) is 13.2 Å². The summed E-state index contributed by atoms with van der Waals surface area (Å²) >= 11 is 0. The van der Waals surface area contributed by atoms with Gasteiger partial charge in [-0.2, -0.15) is 0 Å². The summed E-state index contributed by atoms with van der Waals surface area (Å²) in [5, 5.41) is 0. The molecule has 1 heterocycles. The van der Waals surface area contributed by atoms with E-state index in [4.69, 9.17) is 9.47 Å². The smallest absolute Gasteiger partial charge is 0.333 e. The van der Waals surface area contributed by atoms with Gasteiger partial charge in [-0.3, -0.25) is 0 Å².